The van der Waals surface area contributed by atoms with Crippen LogP contribution in [-0.2, 0) is 10.2 Å². The van der Waals surface area contributed by atoms with Crippen molar-refractivity contribution in [1.29, 1.82) is 0 Å². The maximum atomic E-state index is 12.5. The minimum absolute atomic E-state index is 0.0661. The van der Waals surface area contributed by atoms with Crippen molar-refractivity contribution in [3.63, 3.8) is 0 Å². The second-order valence-corrected chi connectivity index (χ2v) is 8.79. The van der Waals surface area contributed by atoms with Gasteiger partial charge in [-0.25, -0.2) is 0 Å². The van der Waals surface area contributed by atoms with Crippen LogP contribution < -0.4 is 5.32 Å². The number of anilines is 1. The van der Waals surface area contributed by atoms with Gasteiger partial charge in [-0.15, -0.1) is 0 Å². The van der Waals surface area contributed by atoms with Gasteiger partial charge in [0, 0.05) is 18.7 Å². The average Bonchev–Trinajstić information content (AvgIpc) is 3.05. The lowest BCUT2D eigenvalue weighted by Crippen LogP contribution is -2.35. The number of phenols is 1. The van der Waals surface area contributed by atoms with Crippen molar-refractivity contribution < 1.29 is 9.90 Å². The van der Waals surface area contributed by atoms with Gasteiger partial charge in [-0.1, -0.05) is 45.0 Å². The molecule has 0 radical (unpaired) electrons. The van der Waals surface area contributed by atoms with Crippen LogP contribution in [0, 0.1) is 0 Å². The molecule has 1 amide bonds. The topological polar surface area (TPSA) is 52.6 Å². The number of carbonyl (C=O) groups is 1. The number of nitrogens with zero attached hydrogens (tertiary/aromatic N) is 1. The Hall–Kier alpha value is -2.49. The summed E-state index contributed by atoms with van der Waals surface area (Å²) >= 11 is 0. The number of nitrogens with one attached hydrogen (secondary N) is 1. The number of amides is 1. The number of fused-ring (bicyclic) bond motifs is 1. The number of phenolic OH excluding ortho intramolecular Hbond substituents is 1. The summed E-state index contributed by atoms with van der Waals surface area (Å²) in [7, 11) is 0. The van der Waals surface area contributed by atoms with Gasteiger partial charge in [0.25, 0.3) is 0 Å². The van der Waals surface area contributed by atoms with Crippen molar-refractivity contribution >= 4 is 11.6 Å². The third kappa shape index (κ3) is 3.41. The number of hydrogen-bond acceptors (Lipinski definition) is 3. The van der Waals surface area contributed by atoms with Gasteiger partial charge in [-0.3, -0.25) is 4.79 Å². The SMILES string of the molecule is CC(C)(C)c1ccc2c(c1)[C@@H](N1CCCC1=O)C[C@@H](c1cccc(O)c1)N2. The third-order valence-corrected chi connectivity index (χ3v) is 5.82. The Labute approximate surface area is 161 Å². The molecule has 0 spiro atoms. The molecule has 142 valence electrons. The number of benzene rings is 2. The van der Waals surface area contributed by atoms with E-state index in [1.54, 1.807) is 6.07 Å². The van der Waals surface area contributed by atoms with E-state index in [1.165, 1.54) is 11.1 Å². The second-order valence-electron chi connectivity index (χ2n) is 8.79. The maximum Gasteiger partial charge on any atom is 0.223 e. The molecule has 0 unspecified atom stereocenters. The van der Waals surface area contributed by atoms with Gasteiger partial charge in [0.05, 0.1) is 12.1 Å². The quantitative estimate of drug-likeness (QED) is 0.796. The highest BCUT2D eigenvalue weighted by atomic mass is 16.3. The normalized spacial score (nSPS) is 22.5. The van der Waals surface area contributed by atoms with Gasteiger partial charge in [-0.2, -0.15) is 0 Å². The number of aromatic hydroxyl groups is 1. The summed E-state index contributed by atoms with van der Waals surface area (Å²) in [6.45, 7) is 7.49. The Balaban J connectivity index is 1.77. The van der Waals surface area contributed by atoms with Crippen LogP contribution in [0.15, 0.2) is 42.5 Å². The minimum Gasteiger partial charge on any atom is -0.508 e. The molecule has 0 saturated carbocycles. The molecule has 2 aromatic carbocycles. The molecule has 2 aliphatic heterocycles. The molecule has 4 nitrogen and oxygen atoms in total. The van der Waals surface area contributed by atoms with Gasteiger partial charge in [0.2, 0.25) is 5.91 Å². The zero-order valence-electron chi connectivity index (χ0n) is 16.3. The van der Waals surface area contributed by atoms with Gasteiger partial charge in [0.15, 0.2) is 0 Å². The number of likely N-dealkylation sites (tertiary alicyclic amines) is 1. The predicted molar refractivity (Wildman–Crippen MR) is 108 cm³/mol. The highest BCUT2D eigenvalue weighted by molar-refractivity contribution is 5.79. The molecule has 0 bridgehead atoms. The van der Waals surface area contributed by atoms with Crippen LogP contribution in [0.4, 0.5) is 5.69 Å². The molecule has 2 atom stereocenters. The highest BCUT2D eigenvalue weighted by Gasteiger charge is 2.36. The molecular formula is C23H28N2O2. The molecule has 1 saturated heterocycles. The molecular weight excluding hydrogens is 336 g/mol. The fourth-order valence-electron chi connectivity index (χ4n) is 4.29. The predicted octanol–water partition coefficient (Wildman–Crippen LogP) is 4.91. The lowest BCUT2D eigenvalue weighted by molar-refractivity contribution is -0.130. The first-order chi connectivity index (χ1) is 12.8. The van der Waals surface area contributed by atoms with Crippen LogP contribution in [0.25, 0.3) is 0 Å². The molecule has 2 heterocycles. The molecule has 0 aromatic heterocycles. The Morgan fingerprint density at radius 1 is 1.15 bits per heavy atom. The van der Waals surface area contributed by atoms with Gasteiger partial charge < -0.3 is 15.3 Å². The monoisotopic (exact) mass is 364 g/mol. The van der Waals surface area contributed by atoms with Crippen molar-refractivity contribution in [1.82, 2.24) is 4.90 Å². The highest BCUT2D eigenvalue weighted by Crippen LogP contribution is 2.44. The lowest BCUT2D eigenvalue weighted by atomic mass is 9.82. The van der Waals surface area contributed by atoms with Crippen LogP contribution in [0.2, 0.25) is 0 Å². The first-order valence-electron chi connectivity index (χ1n) is 9.82. The first kappa shape index (κ1) is 17.9. The lowest BCUT2D eigenvalue weighted by Gasteiger charge is -2.39. The smallest absolute Gasteiger partial charge is 0.223 e. The van der Waals surface area contributed by atoms with Crippen LogP contribution in [0.5, 0.6) is 5.75 Å². The van der Waals surface area contributed by atoms with Crippen molar-refractivity contribution in [2.45, 2.75) is 57.5 Å². The summed E-state index contributed by atoms with van der Waals surface area (Å²) in [5.41, 5.74) is 4.71. The standard InChI is InChI=1S/C23H28N2O2/c1-23(2,3)16-9-10-19-18(13-16)21(25-11-5-8-22(25)27)14-20(24-19)15-6-4-7-17(26)12-15/h4,6-7,9-10,12-13,20-21,24,26H,5,8,11,14H2,1-3H3/t20-,21-/m0/s1. The van der Waals surface area contributed by atoms with Crippen molar-refractivity contribution in [2.75, 3.05) is 11.9 Å². The Morgan fingerprint density at radius 3 is 2.63 bits per heavy atom. The maximum absolute atomic E-state index is 12.5. The Kier molecular flexibility index (Phi) is 4.37. The number of carbonyl (C=O) groups excluding carboxylic acids is 1. The van der Waals surface area contributed by atoms with Crippen LogP contribution in [0.1, 0.15) is 68.8 Å². The van der Waals surface area contributed by atoms with E-state index in [-0.39, 0.29) is 29.2 Å². The van der Waals surface area contributed by atoms with E-state index in [0.29, 0.717) is 6.42 Å². The molecule has 4 rings (SSSR count). The Bertz CT molecular complexity index is 869. The molecule has 27 heavy (non-hydrogen) atoms. The van der Waals surface area contributed by atoms with E-state index in [1.807, 2.05) is 18.2 Å². The summed E-state index contributed by atoms with van der Waals surface area (Å²) in [4.78, 5) is 14.6. The van der Waals surface area contributed by atoms with Crippen LogP contribution in [-0.4, -0.2) is 22.5 Å². The first-order valence-corrected chi connectivity index (χ1v) is 9.82. The summed E-state index contributed by atoms with van der Waals surface area (Å²) in [5, 5.41) is 13.5. The molecule has 0 aliphatic carbocycles. The van der Waals surface area contributed by atoms with Crippen molar-refractivity contribution in [3.05, 3.63) is 59.2 Å². The van der Waals surface area contributed by atoms with E-state index in [0.717, 1.165) is 30.6 Å². The fraction of sp³-hybridized carbons (Fsp3) is 0.435. The minimum atomic E-state index is 0.0661. The van der Waals surface area contributed by atoms with E-state index in [9.17, 15) is 9.90 Å². The zero-order chi connectivity index (χ0) is 19.2. The van der Waals surface area contributed by atoms with E-state index in [4.69, 9.17) is 0 Å². The zero-order valence-corrected chi connectivity index (χ0v) is 16.3. The molecule has 2 aliphatic rings. The summed E-state index contributed by atoms with van der Waals surface area (Å²) in [6, 6.07) is 14.2. The summed E-state index contributed by atoms with van der Waals surface area (Å²) in [6.07, 6.45) is 2.40. The summed E-state index contributed by atoms with van der Waals surface area (Å²) < 4.78 is 0. The fourth-order valence-corrected chi connectivity index (χ4v) is 4.29. The van der Waals surface area contributed by atoms with Crippen molar-refractivity contribution in [2.24, 2.45) is 0 Å². The Morgan fingerprint density at radius 2 is 1.96 bits per heavy atom. The molecule has 2 N–H and O–H groups in total. The number of hydrogen-bond donors (Lipinski definition) is 2. The van der Waals surface area contributed by atoms with Crippen LogP contribution in [0.3, 0.4) is 0 Å². The van der Waals surface area contributed by atoms with E-state index < -0.39 is 0 Å². The molecule has 1 fully saturated rings. The molecule has 4 heteroatoms. The summed E-state index contributed by atoms with van der Waals surface area (Å²) in [5.74, 6) is 0.528. The van der Waals surface area contributed by atoms with Crippen LogP contribution >= 0.6 is 0 Å². The average molecular weight is 364 g/mol. The largest absolute Gasteiger partial charge is 0.508 e. The third-order valence-electron chi connectivity index (χ3n) is 5.82. The van der Waals surface area contributed by atoms with Crippen molar-refractivity contribution in [3.8, 4) is 5.75 Å². The van der Waals surface area contributed by atoms with E-state index >= 15 is 0 Å². The second kappa shape index (κ2) is 6.59. The van der Waals surface area contributed by atoms with Gasteiger partial charge in [-0.05, 0) is 53.1 Å². The van der Waals surface area contributed by atoms with E-state index in [2.05, 4.69) is 49.2 Å². The number of rotatable bonds is 2. The molecule has 2 aromatic rings. The van der Waals surface area contributed by atoms with Gasteiger partial charge >= 0.3 is 0 Å². The van der Waals surface area contributed by atoms with Gasteiger partial charge in [0.1, 0.15) is 5.75 Å².